The van der Waals surface area contributed by atoms with Gasteiger partial charge in [-0.3, -0.25) is 4.79 Å². The zero-order valence-electron chi connectivity index (χ0n) is 14.5. The van der Waals surface area contributed by atoms with Crippen molar-refractivity contribution in [2.24, 2.45) is 5.92 Å². The molecule has 6 heteroatoms. The molecule has 0 spiro atoms. The summed E-state index contributed by atoms with van der Waals surface area (Å²) in [7, 11) is 0. The van der Waals surface area contributed by atoms with Crippen LogP contribution < -0.4 is 4.90 Å². The minimum atomic E-state index is -0.735. The molecule has 0 bridgehead atoms. The third-order valence-corrected chi connectivity index (χ3v) is 4.80. The summed E-state index contributed by atoms with van der Waals surface area (Å²) in [6.45, 7) is 5.23. The zero-order valence-corrected chi connectivity index (χ0v) is 14.5. The van der Waals surface area contributed by atoms with Gasteiger partial charge in [-0.15, -0.1) is 0 Å². The second-order valence-corrected chi connectivity index (χ2v) is 6.37. The lowest BCUT2D eigenvalue weighted by Gasteiger charge is -2.32. The number of anilines is 1. The number of carbonyl (C=O) groups is 1. The lowest BCUT2D eigenvalue weighted by molar-refractivity contribution is -0.142. The van der Waals surface area contributed by atoms with Crippen LogP contribution in [0.5, 0.6) is 0 Å². The van der Waals surface area contributed by atoms with Crippen LogP contribution in [0.15, 0.2) is 24.3 Å². The number of hydrogen-bond donors (Lipinski definition) is 1. The van der Waals surface area contributed by atoms with Gasteiger partial charge in [0.2, 0.25) is 0 Å². The normalized spacial score (nSPS) is 15.4. The number of aryl methyl sites for hydroxylation is 1. The summed E-state index contributed by atoms with van der Waals surface area (Å²) in [6.07, 6.45) is 1.96. The van der Waals surface area contributed by atoms with Crippen LogP contribution in [0.4, 0.5) is 10.2 Å². The largest absolute Gasteiger partial charge is 0.481 e. The second kappa shape index (κ2) is 7.17. The third-order valence-electron chi connectivity index (χ3n) is 4.80. The molecule has 5 nitrogen and oxygen atoms in total. The van der Waals surface area contributed by atoms with Crippen LogP contribution >= 0.6 is 0 Å². The molecule has 0 atom stereocenters. The van der Waals surface area contributed by atoms with Crippen molar-refractivity contribution < 1.29 is 14.3 Å². The van der Waals surface area contributed by atoms with E-state index in [-0.39, 0.29) is 11.7 Å². The van der Waals surface area contributed by atoms with Gasteiger partial charge < -0.3 is 10.0 Å². The van der Waals surface area contributed by atoms with Crippen molar-refractivity contribution in [2.75, 3.05) is 18.0 Å². The Bertz CT molecular complexity index is 786. The van der Waals surface area contributed by atoms with Crippen LogP contribution in [0.1, 0.15) is 31.0 Å². The molecular weight excluding hydrogens is 321 g/mol. The number of aliphatic carboxylic acids is 1. The molecule has 2 heterocycles. The molecule has 0 saturated carbocycles. The number of carboxylic acids is 1. The minimum Gasteiger partial charge on any atom is -0.481 e. The summed E-state index contributed by atoms with van der Waals surface area (Å²) in [5, 5.41) is 9.18. The highest BCUT2D eigenvalue weighted by atomic mass is 19.1. The second-order valence-electron chi connectivity index (χ2n) is 6.37. The first-order valence-electron chi connectivity index (χ1n) is 8.61. The van der Waals surface area contributed by atoms with Gasteiger partial charge in [0, 0.05) is 24.3 Å². The standard InChI is InChI=1S/C19H22FN3O2/c1-3-14-12(2)21-17(15-6-4-5-7-16(15)20)22-18(14)23-10-8-13(9-11-23)19(24)25/h4-7,13H,3,8-11H2,1-2H3,(H,24,25). The Hall–Kier alpha value is -2.50. The van der Waals surface area contributed by atoms with Crippen molar-refractivity contribution >= 4 is 11.8 Å². The average Bonchev–Trinajstić information content (AvgIpc) is 2.61. The maximum absolute atomic E-state index is 14.1. The zero-order chi connectivity index (χ0) is 18.0. The van der Waals surface area contributed by atoms with Crippen LogP contribution in [-0.2, 0) is 11.2 Å². The monoisotopic (exact) mass is 343 g/mol. The SMILES string of the molecule is CCc1c(C)nc(-c2ccccc2F)nc1N1CCC(C(=O)O)CC1. The number of piperidine rings is 1. The van der Waals surface area contributed by atoms with E-state index >= 15 is 0 Å². The molecular formula is C19H22FN3O2. The highest BCUT2D eigenvalue weighted by Gasteiger charge is 2.27. The van der Waals surface area contributed by atoms with Gasteiger partial charge in [-0.1, -0.05) is 19.1 Å². The number of carboxylic acid groups (broad SMARTS) is 1. The quantitative estimate of drug-likeness (QED) is 0.921. The summed E-state index contributed by atoms with van der Waals surface area (Å²) >= 11 is 0. The Balaban J connectivity index is 1.98. The van der Waals surface area contributed by atoms with Gasteiger partial charge in [-0.2, -0.15) is 0 Å². The number of aromatic nitrogens is 2. The van der Waals surface area contributed by atoms with E-state index in [0.717, 1.165) is 23.5 Å². The van der Waals surface area contributed by atoms with Crippen LogP contribution in [-0.4, -0.2) is 34.1 Å². The molecule has 0 aliphatic carbocycles. The van der Waals surface area contributed by atoms with Crippen molar-refractivity contribution in [2.45, 2.75) is 33.1 Å². The lowest BCUT2D eigenvalue weighted by atomic mass is 9.96. The molecule has 0 amide bonds. The van der Waals surface area contributed by atoms with Crippen LogP contribution in [0.3, 0.4) is 0 Å². The number of rotatable bonds is 4. The predicted molar refractivity (Wildman–Crippen MR) is 94.1 cm³/mol. The van der Waals surface area contributed by atoms with E-state index in [1.807, 2.05) is 13.8 Å². The average molecular weight is 343 g/mol. The number of nitrogens with zero attached hydrogens (tertiary/aromatic N) is 3. The van der Waals surface area contributed by atoms with E-state index in [1.165, 1.54) is 6.07 Å². The Morgan fingerprint density at radius 3 is 2.56 bits per heavy atom. The Kier molecular flexibility index (Phi) is 4.97. The molecule has 1 aromatic carbocycles. The van der Waals surface area contributed by atoms with Gasteiger partial charge >= 0.3 is 5.97 Å². The van der Waals surface area contributed by atoms with Gasteiger partial charge in [0.05, 0.1) is 11.5 Å². The Morgan fingerprint density at radius 1 is 1.28 bits per heavy atom. The van der Waals surface area contributed by atoms with Crippen molar-refractivity contribution in [3.05, 3.63) is 41.3 Å². The smallest absolute Gasteiger partial charge is 0.306 e. The highest BCUT2D eigenvalue weighted by Crippen LogP contribution is 2.30. The van der Waals surface area contributed by atoms with Gasteiger partial charge in [0.15, 0.2) is 5.82 Å². The van der Waals surface area contributed by atoms with Crippen molar-refractivity contribution in [3.8, 4) is 11.4 Å². The van der Waals surface area contributed by atoms with Crippen molar-refractivity contribution in [1.82, 2.24) is 9.97 Å². The molecule has 1 saturated heterocycles. The molecule has 2 aromatic rings. The molecule has 132 valence electrons. The summed E-state index contributed by atoms with van der Waals surface area (Å²) in [6, 6.07) is 6.49. The summed E-state index contributed by atoms with van der Waals surface area (Å²) in [5.74, 6) is -0.196. The third kappa shape index (κ3) is 3.48. The van der Waals surface area contributed by atoms with E-state index in [1.54, 1.807) is 18.2 Å². The van der Waals surface area contributed by atoms with E-state index in [4.69, 9.17) is 0 Å². The van der Waals surface area contributed by atoms with Crippen molar-refractivity contribution in [3.63, 3.8) is 0 Å². The van der Waals surface area contributed by atoms with Crippen molar-refractivity contribution in [1.29, 1.82) is 0 Å². The number of halogens is 1. The fourth-order valence-corrected chi connectivity index (χ4v) is 3.36. The van der Waals surface area contributed by atoms with Gasteiger partial charge in [0.1, 0.15) is 11.6 Å². The molecule has 1 aliphatic rings. The summed E-state index contributed by atoms with van der Waals surface area (Å²) < 4.78 is 14.1. The molecule has 1 aliphatic heterocycles. The maximum atomic E-state index is 14.1. The highest BCUT2D eigenvalue weighted by molar-refractivity contribution is 5.70. The molecule has 1 N–H and O–H groups in total. The first-order valence-corrected chi connectivity index (χ1v) is 8.61. The fourth-order valence-electron chi connectivity index (χ4n) is 3.36. The summed E-state index contributed by atoms with van der Waals surface area (Å²) in [4.78, 5) is 22.4. The summed E-state index contributed by atoms with van der Waals surface area (Å²) in [5.41, 5.74) is 2.26. The first-order chi connectivity index (χ1) is 12.0. The predicted octanol–water partition coefficient (Wildman–Crippen LogP) is 3.45. The first kappa shape index (κ1) is 17.3. The van der Waals surface area contributed by atoms with Gasteiger partial charge in [-0.25, -0.2) is 14.4 Å². The molecule has 1 fully saturated rings. The van der Waals surface area contributed by atoms with E-state index in [9.17, 15) is 14.3 Å². The lowest BCUT2D eigenvalue weighted by Crippen LogP contribution is -2.37. The number of benzene rings is 1. The number of hydrogen-bond acceptors (Lipinski definition) is 4. The Labute approximate surface area is 146 Å². The Morgan fingerprint density at radius 2 is 1.96 bits per heavy atom. The molecule has 0 unspecified atom stereocenters. The van der Waals surface area contributed by atoms with Gasteiger partial charge in [-0.05, 0) is 38.3 Å². The molecule has 1 aromatic heterocycles. The van der Waals surface area contributed by atoms with E-state index in [0.29, 0.717) is 37.3 Å². The van der Waals surface area contributed by atoms with E-state index < -0.39 is 5.97 Å². The topological polar surface area (TPSA) is 66.3 Å². The van der Waals surface area contributed by atoms with E-state index in [2.05, 4.69) is 14.9 Å². The maximum Gasteiger partial charge on any atom is 0.306 e. The van der Waals surface area contributed by atoms with Crippen LogP contribution in [0.25, 0.3) is 11.4 Å². The minimum absolute atomic E-state index is 0.296. The van der Waals surface area contributed by atoms with Gasteiger partial charge in [0.25, 0.3) is 0 Å². The van der Waals surface area contributed by atoms with Crippen LogP contribution in [0, 0.1) is 18.7 Å². The fraction of sp³-hybridized carbons (Fsp3) is 0.421. The van der Waals surface area contributed by atoms with Crippen LogP contribution in [0.2, 0.25) is 0 Å². The molecule has 3 rings (SSSR count). The molecule has 25 heavy (non-hydrogen) atoms. The molecule has 0 radical (unpaired) electrons.